The fourth-order valence-electron chi connectivity index (χ4n) is 3.77. The number of aromatic nitrogens is 3. The van der Waals surface area contributed by atoms with Gasteiger partial charge in [-0.2, -0.15) is 18.3 Å². The predicted octanol–water partition coefficient (Wildman–Crippen LogP) is 3.92. The van der Waals surface area contributed by atoms with Crippen LogP contribution < -0.4 is 15.0 Å². The summed E-state index contributed by atoms with van der Waals surface area (Å²) < 4.78 is 43.5. The highest BCUT2D eigenvalue weighted by Crippen LogP contribution is 2.30. The number of amides is 1. The molecule has 0 bridgehead atoms. The van der Waals surface area contributed by atoms with Gasteiger partial charge in [-0.3, -0.25) is 10.00 Å². The first-order valence-corrected chi connectivity index (χ1v) is 10.9. The van der Waals surface area contributed by atoms with Crippen molar-refractivity contribution in [3.05, 3.63) is 59.9 Å². The second-order valence-electron chi connectivity index (χ2n) is 7.88. The minimum Gasteiger partial charge on any atom is -0.410 e. The van der Waals surface area contributed by atoms with Crippen molar-refractivity contribution in [3.63, 3.8) is 0 Å². The number of pyridine rings is 1. The number of H-pyrrole nitrogens is 1. The zero-order chi connectivity index (χ0) is 24.1. The number of rotatable bonds is 6. The molecule has 0 atom stereocenters. The SMILES string of the molecule is CCNC(=O)Oc1ccc(-c2[nH]ncc2CN2CCN(c3ccc(C(F)(F)F)cn3)CC2)cc1. The molecule has 3 aromatic rings. The number of nitrogens with one attached hydrogen (secondary N) is 2. The minimum absolute atomic E-state index is 0.448. The summed E-state index contributed by atoms with van der Waals surface area (Å²) in [6.07, 6.45) is -2.21. The topological polar surface area (TPSA) is 86.4 Å². The van der Waals surface area contributed by atoms with E-state index in [1.165, 1.54) is 6.07 Å². The summed E-state index contributed by atoms with van der Waals surface area (Å²) in [6, 6.07) is 9.67. The molecule has 0 radical (unpaired) electrons. The molecule has 11 heteroatoms. The van der Waals surface area contributed by atoms with Gasteiger partial charge in [0.05, 0.1) is 17.5 Å². The van der Waals surface area contributed by atoms with Gasteiger partial charge in [-0.05, 0) is 43.3 Å². The van der Waals surface area contributed by atoms with Crippen molar-refractivity contribution in [1.29, 1.82) is 0 Å². The largest absolute Gasteiger partial charge is 0.417 e. The van der Waals surface area contributed by atoms with Crippen LogP contribution in [0.2, 0.25) is 0 Å². The highest BCUT2D eigenvalue weighted by atomic mass is 19.4. The quantitative estimate of drug-likeness (QED) is 0.563. The van der Waals surface area contributed by atoms with Gasteiger partial charge < -0.3 is 15.0 Å². The molecule has 1 aromatic carbocycles. The third kappa shape index (κ3) is 5.66. The second kappa shape index (κ2) is 10.1. The molecule has 0 aliphatic carbocycles. The molecule has 1 amide bonds. The molecule has 1 saturated heterocycles. The zero-order valence-electron chi connectivity index (χ0n) is 18.6. The molecule has 3 heterocycles. The minimum atomic E-state index is -4.39. The number of hydrogen-bond acceptors (Lipinski definition) is 6. The number of anilines is 1. The number of nitrogens with zero attached hydrogens (tertiary/aromatic N) is 4. The van der Waals surface area contributed by atoms with Crippen LogP contribution in [0.4, 0.5) is 23.8 Å². The lowest BCUT2D eigenvalue weighted by atomic mass is 10.1. The molecule has 1 aliphatic rings. The summed E-state index contributed by atoms with van der Waals surface area (Å²) >= 11 is 0. The molecule has 4 rings (SSSR count). The van der Waals surface area contributed by atoms with Crippen molar-refractivity contribution in [3.8, 4) is 17.0 Å². The number of carbonyl (C=O) groups excluding carboxylic acids is 1. The molecule has 0 spiro atoms. The smallest absolute Gasteiger partial charge is 0.410 e. The number of alkyl halides is 3. The fourth-order valence-corrected chi connectivity index (χ4v) is 3.77. The van der Waals surface area contributed by atoms with Crippen molar-refractivity contribution in [2.24, 2.45) is 0 Å². The summed E-state index contributed by atoms with van der Waals surface area (Å²) in [5, 5.41) is 9.80. The van der Waals surface area contributed by atoms with E-state index in [4.69, 9.17) is 4.74 Å². The van der Waals surface area contributed by atoms with Crippen LogP contribution in [0, 0.1) is 0 Å². The van der Waals surface area contributed by atoms with Gasteiger partial charge in [0.25, 0.3) is 0 Å². The van der Waals surface area contributed by atoms with Gasteiger partial charge >= 0.3 is 12.3 Å². The molecule has 8 nitrogen and oxygen atoms in total. The van der Waals surface area contributed by atoms with E-state index >= 15 is 0 Å². The van der Waals surface area contributed by atoms with Gasteiger partial charge in [0.15, 0.2) is 0 Å². The Balaban J connectivity index is 1.34. The van der Waals surface area contributed by atoms with Crippen molar-refractivity contribution in [2.75, 3.05) is 37.6 Å². The Morgan fingerprint density at radius 2 is 1.82 bits per heavy atom. The Morgan fingerprint density at radius 3 is 2.44 bits per heavy atom. The lowest BCUT2D eigenvalue weighted by Crippen LogP contribution is -2.46. The first-order valence-electron chi connectivity index (χ1n) is 10.9. The predicted molar refractivity (Wildman–Crippen MR) is 120 cm³/mol. The van der Waals surface area contributed by atoms with E-state index in [-0.39, 0.29) is 0 Å². The standard InChI is InChI=1S/C23H25F3N6O2/c1-2-27-22(33)34-19-6-3-16(4-7-19)21-17(13-29-30-21)15-31-9-11-32(12-10-31)20-8-5-18(14-28-20)23(24,25)26/h3-8,13-14H,2,9-12,15H2,1H3,(H,27,33)(H,29,30). The fraction of sp³-hybridized carbons (Fsp3) is 0.348. The molecule has 180 valence electrons. The van der Waals surface area contributed by atoms with Crippen LogP contribution in [0.15, 0.2) is 48.8 Å². The molecule has 2 aromatic heterocycles. The monoisotopic (exact) mass is 474 g/mol. The van der Waals surface area contributed by atoms with E-state index in [1.807, 2.05) is 24.0 Å². The van der Waals surface area contributed by atoms with Gasteiger partial charge in [0.2, 0.25) is 0 Å². The van der Waals surface area contributed by atoms with E-state index in [0.717, 1.165) is 42.2 Å². The third-order valence-electron chi connectivity index (χ3n) is 5.56. The highest BCUT2D eigenvalue weighted by Gasteiger charge is 2.31. The second-order valence-corrected chi connectivity index (χ2v) is 7.88. The van der Waals surface area contributed by atoms with Crippen LogP contribution in [-0.4, -0.2) is 58.9 Å². The first kappa shape index (κ1) is 23.6. The van der Waals surface area contributed by atoms with E-state index in [2.05, 4.69) is 25.4 Å². The van der Waals surface area contributed by atoms with E-state index < -0.39 is 17.8 Å². The lowest BCUT2D eigenvalue weighted by Gasteiger charge is -2.35. The van der Waals surface area contributed by atoms with Gasteiger partial charge in [0, 0.05) is 56.6 Å². The van der Waals surface area contributed by atoms with Crippen molar-refractivity contribution in [2.45, 2.75) is 19.6 Å². The van der Waals surface area contributed by atoms with E-state index in [9.17, 15) is 18.0 Å². The Bertz CT molecular complexity index is 1090. The number of benzene rings is 1. The first-order chi connectivity index (χ1) is 16.3. The molecular formula is C23H25F3N6O2. The van der Waals surface area contributed by atoms with Gasteiger partial charge in [-0.25, -0.2) is 9.78 Å². The molecule has 34 heavy (non-hydrogen) atoms. The number of hydrogen-bond donors (Lipinski definition) is 2. The molecule has 0 unspecified atom stereocenters. The number of piperazine rings is 1. The maximum atomic E-state index is 12.8. The molecule has 2 N–H and O–H groups in total. The Morgan fingerprint density at radius 1 is 1.09 bits per heavy atom. The third-order valence-corrected chi connectivity index (χ3v) is 5.56. The molecule has 0 saturated carbocycles. The Labute approximate surface area is 194 Å². The maximum Gasteiger partial charge on any atom is 0.417 e. The normalized spacial score (nSPS) is 14.8. The summed E-state index contributed by atoms with van der Waals surface area (Å²) in [5.41, 5.74) is 2.09. The summed E-state index contributed by atoms with van der Waals surface area (Å²) in [5.74, 6) is 0.996. The summed E-state index contributed by atoms with van der Waals surface area (Å²) in [7, 11) is 0. The molecule has 1 aliphatic heterocycles. The Hall–Kier alpha value is -3.60. The van der Waals surface area contributed by atoms with Crippen molar-refractivity contribution >= 4 is 11.9 Å². The Kier molecular flexibility index (Phi) is 7.01. The number of ether oxygens (including phenoxy) is 1. The number of halogens is 3. The van der Waals surface area contributed by atoms with Crippen molar-refractivity contribution < 1.29 is 22.7 Å². The number of aromatic amines is 1. The van der Waals surface area contributed by atoms with Crippen molar-refractivity contribution in [1.82, 2.24) is 25.4 Å². The average Bonchev–Trinajstić information content (AvgIpc) is 3.28. The van der Waals surface area contributed by atoms with Crippen LogP contribution in [0.25, 0.3) is 11.3 Å². The summed E-state index contributed by atoms with van der Waals surface area (Å²) in [4.78, 5) is 19.8. The number of carbonyl (C=O) groups is 1. The van der Waals surface area contributed by atoms with Gasteiger partial charge in [-0.1, -0.05) is 0 Å². The van der Waals surface area contributed by atoms with Crippen LogP contribution in [0.5, 0.6) is 5.75 Å². The highest BCUT2D eigenvalue weighted by molar-refractivity contribution is 5.71. The maximum absolute atomic E-state index is 12.8. The summed E-state index contributed by atoms with van der Waals surface area (Å²) in [6.45, 7) is 5.80. The van der Waals surface area contributed by atoms with Crippen LogP contribution in [0.1, 0.15) is 18.1 Å². The van der Waals surface area contributed by atoms with E-state index in [0.29, 0.717) is 37.7 Å². The lowest BCUT2D eigenvalue weighted by molar-refractivity contribution is -0.137. The van der Waals surface area contributed by atoms with Crippen LogP contribution >= 0.6 is 0 Å². The zero-order valence-corrected chi connectivity index (χ0v) is 18.6. The van der Waals surface area contributed by atoms with Gasteiger partial charge in [-0.15, -0.1) is 0 Å². The molecular weight excluding hydrogens is 449 g/mol. The van der Waals surface area contributed by atoms with E-state index in [1.54, 1.807) is 18.3 Å². The van der Waals surface area contributed by atoms with Crippen LogP contribution in [0.3, 0.4) is 0 Å². The van der Waals surface area contributed by atoms with Crippen LogP contribution in [-0.2, 0) is 12.7 Å². The van der Waals surface area contributed by atoms with Gasteiger partial charge in [0.1, 0.15) is 11.6 Å². The molecule has 1 fully saturated rings. The average molecular weight is 474 g/mol.